The van der Waals surface area contributed by atoms with Crippen LogP contribution in [0.5, 0.6) is 0 Å². The summed E-state index contributed by atoms with van der Waals surface area (Å²) in [7, 11) is 1.90. The lowest BCUT2D eigenvalue weighted by Crippen LogP contribution is -2.37. The molecule has 1 N–H and O–H groups in total. The van der Waals surface area contributed by atoms with Crippen LogP contribution in [0.4, 0.5) is 0 Å². The first-order chi connectivity index (χ1) is 25.3. The molecule has 2 aromatic carbocycles. The highest BCUT2D eigenvalue weighted by molar-refractivity contribution is 7.15. The summed E-state index contributed by atoms with van der Waals surface area (Å²) in [6.07, 6.45) is 2.13. The fourth-order valence-electron chi connectivity index (χ4n) is 7.54. The van der Waals surface area contributed by atoms with Gasteiger partial charge in [-0.15, -0.1) is 43.1 Å². The normalized spacial score (nSPS) is 21.0. The Hall–Kier alpha value is -4.00. The summed E-state index contributed by atoms with van der Waals surface area (Å²) in [6.45, 7) is 16.9. The molecule has 3 aliphatic rings. The lowest BCUT2D eigenvalue weighted by Gasteiger charge is -2.23. The van der Waals surface area contributed by atoms with Crippen molar-refractivity contribution in [1.82, 2.24) is 34.8 Å². The van der Waals surface area contributed by atoms with E-state index in [2.05, 4.69) is 81.6 Å². The summed E-state index contributed by atoms with van der Waals surface area (Å²) in [5, 5.41) is 24.9. The Bertz CT molecular complexity index is 2470. The number of nitrogens with one attached hydrogen (secondary N) is 1. The zero-order chi connectivity index (χ0) is 37.6. The van der Waals surface area contributed by atoms with Gasteiger partial charge in [0.2, 0.25) is 0 Å². The molecule has 1 spiro atoms. The molecule has 0 bridgehead atoms. The van der Waals surface area contributed by atoms with Crippen LogP contribution in [0.1, 0.15) is 93.1 Å². The zero-order valence-corrected chi connectivity index (χ0v) is 34.4. The van der Waals surface area contributed by atoms with E-state index in [1.165, 1.54) is 31.4 Å². The van der Waals surface area contributed by atoms with Crippen LogP contribution in [0.3, 0.4) is 0 Å². The van der Waals surface area contributed by atoms with Crippen LogP contribution in [0.2, 0.25) is 10.0 Å². The second-order valence-electron chi connectivity index (χ2n) is 14.2. The third-order valence-corrected chi connectivity index (χ3v) is 13.9. The number of hydrogen-bond donors (Lipinski definition) is 1. The van der Waals surface area contributed by atoms with E-state index >= 15 is 0 Å². The van der Waals surface area contributed by atoms with E-state index in [1.54, 1.807) is 22.7 Å². The van der Waals surface area contributed by atoms with Gasteiger partial charge in [-0.2, -0.15) is 0 Å². The summed E-state index contributed by atoms with van der Waals surface area (Å²) in [6, 6.07) is 15.9. The van der Waals surface area contributed by atoms with E-state index in [0.717, 1.165) is 74.3 Å². The molecule has 1 unspecified atom stereocenters. The molecular weight excluding hydrogens is 742 g/mol. The summed E-state index contributed by atoms with van der Waals surface area (Å²) >= 11 is 15.8. The van der Waals surface area contributed by atoms with Gasteiger partial charge in [-0.3, -0.25) is 24.4 Å². The number of halogens is 2. The fraction of sp³-hybridized carbons (Fsp3) is 0.350. The summed E-state index contributed by atoms with van der Waals surface area (Å²) in [4.78, 5) is 13.1. The van der Waals surface area contributed by atoms with Gasteiger partial charge in [0.15, 0.2) is 17.3 Å². The number of hydrogen-bond acceptors (Lipinski definition) is 9. The molecule has 6 heterocycles. The van der Waals surface area contributed by atoms with Gasteiger partial charge in [-0.1, -0.05) is 60.8 Å². The largest absolute Gasteiger partial charge is 0.290 e. The molecule has 13 heteroatoms. The standard InChI is InChI=1S/C21H21ClN4S.C19H20ClN5S/c1-5-15-10-21(15)20-25-24-13(4)26(20)19-17(11(2)12(3)27-19)18(23-21)14-6-8-16(22)9-7-14;1-10-11(2)26-17-15(10)16(13-6-8-14(20)9-7-13)22-19(4,21-5)18-24-23-12(3)25(17)18/h6-9,15H,5,10H2,1-4H3;6-9,21H,1-5H3/t15-,21+;/m1./s1. The van der Waals surface area contributed by atoms with E-state index in [4.69, 9.17) is 33.2 Å². The number of aliphatic imine (C=N–C) groups is 2. The van der Waals surface area contributed by atoms with Gasteiger partial charge < -0.3 is 0 Å². The molecule has 2 aliphatic heterocycles. The second-order valence-corrected chi connectivity index (χ2v) is 17.5. The van der Waals surface area contributed by atoms with Crippen LogP contribution < -0.4 is 5.32 Å². The molecule has 3 atom stereocenters. The van der Waals surface area contributed by atoms with Crippen molar-refractivity contribution in [2.75, 3.05) is 7.05 Å². The maximum Gasteiger partial charge on any atom is 0.180 e. The Balaban J connectivity index is 0.000000151. The number of nitrogens with zero attached hydrogens (tertiary/aromatic N) is 8. The average Bonchev–Trinajstić information content (AvgIpc) is 3.30. The van der Waals surface area contributed by atoms with Crippen LogP contribution in [0.25, 0.3) is 10.0 Å². The lowest BCUT2D eigenvalue weighted by molar-refractivity contribution is 0.391. The lowest BCUT2D eigenvalue weighted by atomic mass is 9.99. The molecule has 0 saturated heterocycles. The van der Waals surface area contributed by atoms with Crippen LogP contribution >= 0.6 is 45.9 Å². The number of fused-ring (bicyclic) bond motifs is 7. The molecule has 0 radical (unpaired) electrons. The fourth-order valence-corrected chi connectivity index (χ4v) is 10.2. The highest BCUT2D eigenvalue weighted by atomic mass is 35.5. The minimum Gasteiger partial charge on any atom is -0.290 e. The van der Waals surface area contributed by atoms with Crippen LogP contribution in [-0.2, 0) is 11.2 Å². The molecule has 1 saturated carbocycles. The van der Waals surface area contributed by atoms with Gasteiger partial charge in [-0.25, -0.2) is 0 Å². The minimum absolute atomic E-state index is 0.260. The maximum absolute atomic E-state index is 6.15. The molecule has 4 aromatic heterocycles. The summed E-state index contributed by atoms with van der Waals surface area (Å²) in [5.41, 5.74) is 8.07. The van der Waals surface area contributed by atoms with Crippen LogP contribution in [0.15, 0.2) is 58.5 Å². The third kappa shape index (κ3) is 5.66. The minimum atomic E-state index is -0.685. The number of benzene rings is 2. The van der Waals surface area contributed by atoms with Crippen molar-refractivity contribution < 1.29 is 0 Å². The zero-order valence-electron chi connectivity index (χ0n) is 31.3. The second kappa shape index (κ2) is 13.1. The van der Waals surface area contributed by atoms with E-state index < -0.39 is 5.66 Å². The molecule has 53 heavy (non-hydrogen) atoms. The molecule has 9 nitrogen and oxygen atoms in total. The van der Waals surface area contributed by atoms with Crippen molar-refractivity contribution in [2.24, 2.45) is 15.9 Å². The molecule has 1 aliphatic carbocycles. The van der Waals surface area contributed by atoms with Gasteiger partial charge in [0.05, 0.1) is 11.4 Å². The van der Waals surface area contributed by atoms with Crippen molar-refractivity contribution in [2.45, 2.75) is 79.4 Å². The molecule has 0 amide bonds. The predicted octanol–water partition coefficient (Wildman–Crippen LogP) is 9.53. The number of aromatic nitrogens is 6. The smallest absolute Gasteiger partial charge is 0.180 e. The Morgan fingerprint density at radius 2 is 1.15 bits per heavy atom. The Kier molecular flexibility index (Phi) is 8.89. The number of aryl methyl sites for hydroxylation is 4. The van der Waals surface area contributed by atoms with Gasteiger partial charge >= 0.3 is 0 Å². The average molecular weight is 783 g/mol. The summed E-state index contributed by atoms with van der Waals surface area (Å²) in [5.74, 6) is 4.09. The Labute approximate surface area is 327 Å². The number of rotatable bonds is 4. The maximum atomic E-state index is 6.15. The van der Waals surface area contributed by atoms with Crippen LogP contribution in [0, 0.1) is 47.5 Å². The van der Waals surface area contributed by atoms with Gasteiger partial charge in [-0.05, 0) is 103 Å². The monoisotopic (exact) mass is 781 g/mol. The quantitative estimate of drug-likeness (QED) is 0.192. The van der Waals surface area contributed by atoms with E-state index in [9.17, 15) is 0 Å². The highest BCUT2D eigenvalue weighted by Crippen LogP contribution is 2.59. The predicted molar refractivity (Wildman–Crippen MR) is 218 cm³/mol. The van der Waals surface area contributed by atoms with Crippen molar-refractivity contribution in [3.05, 3.63) is 125 Å². The van der Waals surface area contributed by atoms with Gasteiger partial charge in [0.25, 0.3) is 0 Å². The molecule has 1 fully saturated rings. The summed E-state index contributed by atoms with van der Waals surface area (Å²) < 4.78 is 4.38. The van der Waals surface area contributed by atoms with Gasteiger partial charge in [0.1, 0.15) is 27.2 Å². The molecule has 272 valence electrons. The van der Waals surface area contributed by atoms with Crippen molar-refractivity contribution in [3.63, 3.8) is 0 Å². The van der Waals surface area contributed by atoms with E-state index in [-0.39, 0.29) is 5.54 Å². The van der Waals surface area contributed by atoms with Crippen molar-refractivity contribution in [3.8, 4) is 10.0 Å². The van der Waals surface area contributed by atoms with E-state index in [1.807, 2.05) is 64.2 Å². The molecular formula is C40H41Cl2N9S2. The SMILES string of the molecule is CC[C@@H]1C[C@]12N=C(c1ccc(Cl)cc1)c1c(sc(C)c1C)-n1c(C)nnc12.CNC1(C)N=C(c2ccc(Cl)cc2)c2c(sc(C)c2C)-n2c(C)nnc21. The molecule has 6 aromatic rings. The van der Waals surface area contributed by atoms with E-state index in [0.29, 0.717) is 10.9 Å². The molecule has 9 rings (SSSR count). The Morgan fingerprint density at radius 3 is 1.60 bits per heavy atom. The first-order valence-corrected chi connectivity index (χ1v) is 20.2. The highest BCUT2D eigenvalue weighted by Gasteiger charge is 2.59. The number of thiophene rings is 2. The first-order valence-electron chi connectivity index (χ1n) is 17.8. The first kappa shape index (κ1) is 36.0. The topological polar surface area (TPSA) is 98.2 Å². The Morgan fingerprint density at radius 1 is 0.698 bits per heavy atom. The third-order valence-electron chi connectivity index (χ3n) is 11.0. The van der Waals surface area contributed by atoms with Crippen molar-refractivity contribution in [1.29, 1.82) is 0 Å². The van der Waals surface area contributed by atoms with Gasteiger partial charge in [0, 0.05) is 42.1 Å². The van der Waals surface area contributed by atoms with Crippen LogP contribution in [-0.4, -0.2) is 48.0 Å². The van der Waals surface area contributed by atoms with Crippen molar-refractivity contribution >= 4 is 57.3 Å².